The first-order valence-electron chi connectivity index (χ1n) is 8.34. The Balaban J connectivity index is 1.56. The summed E-state index contributed by atoms with van der Waals surface area (Å²) >= 11 is 0. The van der Waals surface area contributed by atoms with Gasteiger partial charge in [-0.3, -0.25) is 0 Å². The Kier molecular flexibility index (Phi) is 4.16. The summed E-state index contributed by atoms with van der Waals surface area (Å²) in [6, 6.07) is 2.72. The van der Waals surface area contributed by atoms with Crippen LogP contribution in [0.15, 0.2) is 12.3 Å². The molecular weight excluding hydrogens is 260 g/mol. The van der Waals surface area contributed by atoms with Gasteiger partial charge in [-0.1, -0.05) is 20.8 Å². The van der Waals surface area contributed by atoms with Crippen LogP contribution in [0.25, 0.3) is 0 Å². The molecule has 0 spiro atoms. The molecule has 1 aromatic rings. The number of hydrogen-bond acceptors (Lipinski definition) is 4. The topological polar surface area (TPSA) is 41.1 Å². The molecule has 1 saturated heterocycles. The molecule has 1 N–H and O–H groups in total. The average molecular weight is 288 g/mol. The van der Waals surface area contributed by atoms with Crippen LogP contribution in [0.4, 0.5) is 5.95 Å². The third-order valence-corrected chi connectivity index (χ3v) is 4.58. The molecule has 21 heavy (non-hydrogen) atoms. The van der Waals surface area contributed by atoms with E-state index in [1.807, 2.05) is 12.3 Å². The minimum atomic E-state index is 0.0852. The van der Waals surface area contributed by atoms with E-state index in [9.17, 15) is 0 Å². The van der Waals surface area contributed by atoms with Crippen LogP contribution in [0.3, 0.4) is 0 Å². The second-order valence-corrected chi connectivity index (χ2v) is 7.60. The van der Waals surface area contributed by atoms with Crippen molar-refractivity contribution < 1.29 is 0 Å². The largest absolute Gasteiger partial charge is 0.341 e. The van der Waals surface area contributed by atoms with E-state index >= 15 is 0 Å². The molecule has 3 rings (SSSR count). The van der Waals surface area contributed by atoms with E-state index in [4.69, 9.17) is 4.98 Å². The number of piperidine rings is 1. The van der Waals surface area contributed by atoms with Crippen LogP contribution < -0.4 is 10.2 Å². The van der Waals surface area contributed by atoms with Gasteiger partial charge in [-0.25, -0.2) is 9.97 Å². The normalized spacial score (nSPS) is 20.8. The third kappa shape index (κ3) is 3.94. The first-order valence-corrected chi connectivity index (χ1v) is 8.34. The molecule has 1 aromatic heterocycles. The molecular formula is C17H28N4. The quantitative estimate of drug-likeness (QED) is 0.925. The second kappa shape index (κ2) is 5.91. The van der Waals surface area contributed by atoms with Crippen molar-refractivity contribution in [1.82, 2.24) is 15.3 Å². The van der Waals surface area contributed by atoms with Crippen LogP contribution >= 0.6 is 0 Å². The van der Waals surface area contributed by atoms with Crippen molar-refractivity contribution in [3.63, 3.8) is 0 Å². The molecule has 4 heteroatoms. The lowest BCUT2D eigenvalue weighted by atomic mass is 9.92. The van der Waals surface area contributed by atoms with E-state index in [0.29, 0.717) is 6.04 Å². The van der Waals surface area contributed by atoms with Gasteiger partial charge in [0.25, 0.3) is 0 Å². The van der Waals surface area contributed by atoms with Crippen LogP contribution in [0.2, 0.25) is 0 Å². The summed E-state index contributed by atoms with van der Waals surface area (Å²) in [6.07, 6.45) is 7.17. The Labute approximate surface area is 128 Å². The maximum atomic E-state index is 4.77. The fourth-order valence-corrected chi connectivity index (χ4v) is 2.86. The van der Waals surface area contributed by atoms with Crippen molar-refractivity contribution in [3.05, 3.63) is 18.0 Å². The van der Waals surface area contributed by atoms with Crippen LogP contribution in [0.5, 0.6) is 0 Å². The first kappa shape index (κ1) is 14.8. The fraction of sp³-hybridized carbons (Fsp3) is 0.765. The number of nitrogens with one attached hydrogen (secondary N) is 1. The van der Waals surface area contributed by atoms with Crippen molar-refractivity contribution in [2.75, 3.05) is 24.5 Å². The zero-order chi connectivity index (χ0) is 14.9. The lowest BCUT2D eigenvalue weighted by Crippen LogP contribution is -2.43. The van der Waals surface area contributed by atoms with Crippen LogP contribution in [-0.4, -0.2) is 35.6 Å². The molecule has 4 nitrogen and oxygen atoms in total. The lowest BCUT2D eigenvalue weighted by Gasteiger charge is -2.33. The zero-order valence-electron chi connectivity index (χ0n) is 13.6. The summed E-state index contributed by atoms with van der Waals surface area (Å²) in [5.41, 5.74) is 1.21. The number of nitrogens with zero attached hydrogens (tertiary/aromatic N) is 3. The van der Waals surface area contributed by atoms with Crippen LogP contribution in [0.1, 0.15) is 52.1 Å². The summed E-state index contributed by atoms with van der Waals surface area (Å²) in [4.78, 5) is 11.6. The molecule has 0 unspecified atom stereocenters. The third-order valence-electron chi connectivity index (χ3n) is 4.58. The number of aromatic nitrogens is 2. The monoisotopic (exact) mass is 288 g/mol. The molecule has 1 aliphatic heterocycles. The van der Waals surface area contributed by atoms with E-state index in [2.05, 4.69) is 36.0 Å². The van der Waals surface area contributed by atoms with Crippen LogP contribution in [0, 0.1) is 5.92 Å². The average Bonchev–Trinajstić information content (AvgIpc) is 3.29. The van der Waals surface area contributed by atoms with Gasteiger partial charge in [0.05, 0.1) is 5.69 Å². The fourth-order valence-electron chi connectivity index (χ4n) is 2.86. The van der Waals surface area contributed by atoms with Crippen molar-refractivity contribution >= 4 is 5.95 Å². The molecule has 0 bridgehead atoms. The molecule has 0 amide bonds. The second-order valence-electron chi connectivity index (χ2n) is 7.60. The number of anilines is 1. The van der Waals surface area contributed by atoms with Crippen molar-refractivity contribution in [2.45, 2.75) is 57.9 Å². The molecule has 2 fully saturated rings. The predicted molar refractivity (Wildman–Crippen MR) is 86.7 cm³/mol. The Morgan fingerprint density at radius 2 is 1.90 bits per heavy atom. The van der Waals surface area contributed by atoms with Gasteiger partial charge < -0.3 is 10.2 Å². The van der Waals surface area contributed by atoms with Crippen molar-refractivity contribution in [1.29, 1.82) is 0 Å². The minimum absolute atomic E-state index is 0.0852. The van der Waals surface area contributed by atoms with E-state index in [0.717, 1.165) is 30.6 Å². The van der Waals surface area contributed by atoms with Gasteiger partial charge in [0.2, 0.25) is 5.95 Å². The van der Waals surface area contributed by atoms with Crippen molar-refractivity contribution in [2.24, 2.45) is 5.92 Å². The van der Waals surface area contributed by atoms with Gasteiger partial charge in [-0.05, 0) is 44.2 Å². The molecule has 1 saturated carbocycles. The smallest absolute Gasteiger partial charge is 0.225 e. The van der Waals surface area contributed by atoms with E-state index in [-0.39, 0.29) is 5.41 Å². The lowest BCUT2D eigenvalue weighted by molar-refractivity contribution is 0.405. The summed E-state index contributed by atoms with van der Waals surface area (Å²) < 4.78 is 0. The van der Waals surface area contributed by atoms with Gasteiger partial charge in [0, 0.05) is 30.7 Å². The van der Waals surface area contributed by atoms with Gasteiger partial charge >= 0.3 is 0 Å². The van der Waals surface area contributed by atoms with E-state index in [1.165, 1.54) is 32.2 Å². The first-order chi connectivity index (χ1) is 10.0. The number of rotatable bonds is 4. The molecule has 1 aliphatic carbocycles. The van der Waals surface area contributed by atoms with E-state index in [1.54, 1.807) is 0 Å². The SMILES string of the molecule is CC(C)(C)c1ccnc(N2CCC(NCC3CC3)CC2)n1. The Hall–Kier alpha value is -1.16. The highest BCUT2D eigenvalue weighted by Crippen LogP contribution is 2.28. The van der Waals surface area contributed by atoms with Gasteiger partial charge in [0.15, 0.2) is 0 Å². The Morgan fingerprint density at radius 1 is 1.19 bits per heavy atom. The Bertz CT molecular complexity index is 468. The highest BCUT2D eigenvalue weighted by Gasteiger charge is 2.25. The van der Waals surface area contributed by atoms with Gasteiger partial charge in [-0.2, -0.15) is 0 Å². The van der Waals surface area contributed by atoms with Crippen LogP contribution in [-0.2, 0) is 5.41 Å². The maximum absolute atomic E-state index is 4.77. The molecule has 116 valence electrons. The molecule has 2 aliphatic rings. The summed E-state index contributed by atoms with van der Waals surface area (Å²) in [6.45, 7) is 9.96. The molecule has 0 radical (unpaired) electrons. The van der Waals surface area contributed by atoms with E-state index < -0.39 is 0 Å². The number of hydrogen-bond donors (Lipinski definition) is 1. The van der Waals surface area contributed by atoms with Gasteiger partial charge in [0.1, 0.15) is 0 Å². The Morgan fingerprint density at radius 3 is 2.52 bits per heavy atom. The maximum Gasteiger partial charge on any atom is 0.225 e. The summed E-state index contributed by atoms with van der Waals surface area (Å²) in [5, 5.41) is 3.72. The molecule has 2 heterocycles. The standard InChI is InChI=1S/C17H28N4/c1-17(2,3)15-6-9-18-16(20-15)21-10-7-14(8-11-21)19-12-13-4-5-13/h6,9,13-14,19H,4-5,7-8,10-12H2,1-3H3. The molecule has 0 aromatic carbocycles. The zero-order valence-corrected chi connectivity index (χ0v) is 13.6. The predicted octanol–water partition coefficient (Wildman–Crippen LogP) is 2.74. The highest BCUT2D eigenvalue weighted by atomic mass is 15.3. The highest BCUT2D eigenvalue weighted by molar-refractivity contribution is 5.32. The minimum Gasteiger partial charge on any atom is -0.341 e. The summed E-state index contributed by atoms with van der Waals surface area (Å²) in [5.74, 6) is 1.87. The van der Waals surface area contributed by atoms with Crippen molar-refractivity contribution in [3.8, 4) is 0 Å². The summed E-state index contributed by atoms with van der Waals surface area (Å²) in [7, 11) is 0. The van der Waals surface area contributed by atoms with Gasteiger partial charge in [-0.15, -0.1) is 0 Å². The molecule has 0 atom stereocenters.